The van der Waals surface area contributed by atoms with Crippen LogP contribution in [0, 0.1) is 0 Å². The van der Waals surface area contributed by atoms with Gasteiger partial charge in [-0.3, -0.25) is 0 Å². The van der Waals surface area contributed by atoms with Gasteiger partial charge in [0.05, 0.1) is 0 Å². The molecule has 2 N–H and O–H groups in total. The predicted molar refractivity (Wildman–Crippen MR) is 35.4 cm³/mol. The van der Waals surface area contributed by atoms with Gasteiger partial charge in [-0.15, -0.1) is 0 Å². The number of aliphatic hydroxyl groups is 2. The van der Waals surface area contributed by atoms with Crippen molar-refractivity contribution in [2.24, 2.45) is 0 Å². The first kappa shape index (κ1) is 14.2. The van der Waals surface area contributed by atoms with Gasteiger partial charge in [0, 0.05) is 13.8 Å². The van der Waals surface area contributed by atoms with Gasteiger partial charge < -0.3 is 10.2 Å². The number of rotatable bonds is 2. The molecule has 12 heavy (non-hydrogen) atoms. The summed E-state index contributed by atoms with van der Waals surface area (Å²) in [5.41, 5.74) is 0. The van der Waals surface area contributed by atoms with Crippen LogP contribution in [0.1, 0.15) is 13.8 Å². The molecule has 0 heterocycles. The van der Waals surface area contributed by atoms with Gasteiger partial charge in [0.1, 0.15) is 13.2 Å². The summed E-state index contributed by atoms with van der Waals surface area (Å²) in [6.07, 6.45) is 0. The number of hydrogen-bond acceptors (Lipinski definition) is 2. The molecule has 0 aliphatic carbocycles. The lowest BCUT2D eigenvalue weighted by Gasteiger charge is -2.01. The topological polar surface area (TPSA) is 40.5 Å². The summed E-state index contributed by atoms with van der Waals surface area (Å²) in [4.78, 5) is 0. The molecule has 0 aromatic heterocycles. The van der Waals surface area contributed by atoms with Crippen molar-refractivity contribution < 1.29 is 27.8 Å². The van der Waals surface area contributed by atoms with Crippen molar-refractivity contribution in [2.45, 2.75) is 25.7 Å². The van der Waals surface area contributed by atoms with Crippen LogP contribution in [0.4, 0.5) is 17.6 Å². The van der Waals surface area contributed by atoms with Crippen LogP contribution in [0.15, 0.2) is 0 Å². The highest BCUT2D eigenvalue weighted by Crippen LogP contribution is 2.08. The van der Waals surface area contributed by atoms with Gasteiger partial charge in [0.15, 0.2) is 0 Å². The van der Waals surface area contributed by atoms with Crippen LogP contribution in [0.3, 0.4) is 0 Å². The Kier molecular flexibility index (Phi) is 6.28. The first-order valence-electron chi connectivity index (χ1n) is 3.10. The molecular formula is C6H12F4O2. The lowest BCUT2D eigenvalue weighted by atomic mass is 10.4. The molecule has 0 unspecified atom stereocenters. The Balaban J connectivity index is 0. The Morgan fingerprint density at radius 1 is 0.833 bits per heavy atom. The normalized spacial score (nSPS) is 12.0. The summed E-state index contributed by atoms with van der Waals surface area (Å²) >= 11 is 0. The van der Waals surface area contributed by atoms with E-state index < -0.39 is 25.1 Å². The van der Waals surface area contributed by atoms with E-state index in [1.807, 2.05) is 0 Å². The third-order valence-electron chi connectivity index (χ3n) is 0.555. The fraction of sp³-hybridized carbons (Fsp3) is 1.00. The lowest BCUT2D eigenvalue weighted by molar-refractivity contribution is -0.0325. The standard InChI is InChI=1S/2C3H6F2O/c2*1-3(4,5)2-6/h2*6H,2H2,1H3. The van der Waals surface area contributed by atoms with E-state index in [0.717, 1.165) is 0 Å². The largest absolute Gasteiger partial charge is 0.390 e. The number of halogens is 4. The van der Waals surface area contributed by atoms with Gasteiger partial charge in [-0.1, -0.05) is 0 Å². The minimum atomic E-state index is -2.90. The second-order valence-corrected chi connectivity index (χ2v) is 2.46. The Morgan fingerprint density at radius 2 is 0.917 bits per heavy atom. The van der Waals surface area contributed by atoms with Crippen molar-refractivity contribution in [3.8, 4) is 0 Å². The Labute approximate surface area is 67.8 Å². The second-order valence-electron chi connectivity index (χ2n) is 2.46. The Hall–Kier alpha value is -0.360. The van der Waals surface area contributed by atoms with Crippen LogP contribution >= 0.6 is 0 Å². The highest BCUT2D eigenvalue weighted by Gasteiger charge is 2.18. The van der Waals surface area contributed by atoms with Gasteiger partial charge in [0.2, 0.25) is 0 Å². The summed E-state index contributed by atoms with van der Waals surface area (Å²) in [6.45, 7) is -0.806. The SMILES string of the molecule is CC(F)(F)CO.CC(F)(F)CO. The van der Waals surface area contributed by atoms with Crippen molar-refractivity contribution in [3.63, 3.8) is 0 Å². The van der Waals surface area contributed by atoms with Crippen molar-refractivity contribution >= 4 is 0 Å². The molecule has 0 rings (SSSR count). The maximum Gasteiger partial charge on any atom is 0.267 e. The molecule has 0 aliphatic rings. The number of aliphatic hydroxyl groups excluding tert-OH is 2. The fourth-order valence-corrected chi connectivity index (χ4v) is 0. The van der Waals surface area contributed by atoms with Crippen molar-refractivity contribution in [2.75, 3.05) is 13.2 Å². The summed E-state index contributed by atoms with van der Waals surface area (Å²) in [5.74, 6) is -5.81. The highest BCUT2D eigenvalue weighted by atomic mass is 19.3. The number of alkyl halides is 4. The zero-order chi connectivity index (χ0) is 10.4. The molecule has 0 atom stereocenters. The van der Waals surface area contributed by atoms with Gasteiger partial charge in [0.25, 0.3) is 11.8 Å². The van der Waals surface area contributed by atoms with Crippen molar-refractivity contribution in [1.29, 1.82) is 0 Å². The van der Waals surface area contributed by atoms with Gasteiger partial charge in [-0.25, -0.2) is 17.6 Å². The quantitative estimate of drug-likeness (QED) is 0.647. The minimum absolute atomic E-state index is 0.660. The van der Waals surface area contributed by atoms with Crippen LogP contribution in [0.2, 0.25) is 0 Å². The average Bonchev–Trinajstić information content (AvgIpc) is 1.86. The van der Waals surface area contributed by atoms with Crippen LogP contribution in [-0.4, -0.2) is 35.3 Å². The van der Waals surface area contributed by atoms with Crippen LogP contribution in [-0.2, 0) is 0 Å². The fourth-order valence-electron chi connectivity index (χ4n) is 0. The maximum atomic E-state index is 11.2. The van der Waals surface area contributed by atoms with E-state index >= 15 is 0 Å². The summed E-state index contributed by atoms with van der Waals surface area (Å²) in [7, 11) is 0. The van der Waals surface area contributed by atoms with Crippen molar-refractivity contribution in [3.05, 3.63) is 0 Å². The molecular weight excluding hydrogens is 180 g/mol. The van der Waals surface area contributed by atoms with E-state index in [2.05, 4.69) is 0 Å². The van der Waals surface area contributed by atoms with E-state index in [4.69, 9.17) is 10.2 Å². The molecule has 0 bridgehead atoms. The van der Waals surface area contributed by atoms with E-state index in [1.165, 1.54) is 0 Å². The van der Waals surface area contributed by atoms with Gasteiger partial charge >= 0.3 is 0 Å². The highest BCUT2D eigenvalue weighted by molar-refractivity contribution is 4.51. The smallest absolute Gasteiger partial charge is 0.267 e. The van der Waals surface area contributed by atoms with Gasteiger partial charge in [-0.05, 0) is 0 Å². The molecule has 0 aliphatic heterocycles. The summed E-state index contributed by atoms with van der Waals surface area (Å²) in [5, 5.41) is 15.3. The monoisotopic (exact) mass is 192 g/mol. The Morgan fingerprint density at radius 3 is 0.917 bits per heavy atom. The molecule has 2 nitrogen and oxygen atoms in total. The van der Waals surface area contributed by atoms with E-state index in [1.54, 1.807) is 0 Å². The zero-order valence-corrected chi connectivity index (χ0v) is 6.82. The van der Waals surface area contributed by atoms with Crippen molar-refractivity contribution in [1.82, 2.24) is 0 Å². The lowest BCUT2D eigenvalue weighted by Crippen LogP contribution is -2.14. The van der Waals surface area contributed by atoms with E-state index in [0.29, 0.717) is 13.8 Å². The molecule has 0 saturated carbocycles. The number of hydrogen-bond donors (Lipinski definition) is 2. The molecule has 0 saturated heterocycles. The van der Waals surface area contributed by atoms with Crippen LogP contribution in [0.5, 0.6) is 0 Å². The summed E-state index contributed by atoms with van der Waals surface area (Å²) in [6, 6.07) is 0. The zero-order valence-electron chi connectivity index (χ0n) is 6.82. The first-order chi connectivity index (χ1) is 5.12. The second kappa shape index (κ2) is 5.31. The molecule has 6 heteroatoms. The van der Waals surface area contributed by atoms with E-state index in [9.17, 15) is 17.6 Å². The molecule has 0 spiro atoms. The molecule has 0 amide bonds. The maximum absolute atomic E-state index is 11.2. The Bertz CT molecular complexity index is 91.1. The molecule has 0 radical (unpaired) electrons. The predicted octanol–water partition coefficient (Wildman–Crippen LogP) is 1.27. The van der Waals surface area contributed by atoms with Crippen LogP contribution in [0.25, 0.3) is 0 Å². The molecule has 0 aromatic carbocycles. The first-order valence-corrected chi connectivity index (χ1v) is 3.10. The molecule has 76 valence electrons. The van der Waals surface area contributed by atoms with Crippen LogP contribution < -0.4 is 0 Å². The average molecular weight is 192 g/mol. The van der Waals surface area contributed by atoms with E-state index in [-0.39, 0.29) is 0 Å². The minimum Gasteiger partial charge on any atom is -0.390 e. The van der Waals surface area contributed by atoms with Gasteiger partial charge in [-0.2, -0.15) is 0 Å². The molecule has 0 fully saturated rings. The summed E-state index contributed by atoms with van der Waals surface area (Å²) < 4.78 is 44.8. The molecule has 0 aromatic rings. The third-order valence-corrected chi connectivity index (χ3v) is 0.555. The third kappa shape index (κ3) is 22.6.